The van der Waals surface area contributed by atoms with Gasteiger partial charge in [0.25, 0.3) is 0 Å². The van der Waals surface area contributed by atoms with Crippen LogP contribution in [0.5, 0.6) is 5.75 Å². The van der Waals surface area contributed by atoms with Gasteiger partial charge in [-0.3, -0.25) is 10.1 Å². The third-order valence-electron chi connectivity index (χ3n) is 3.88. The van der Waals surface area contributed by atoms with E-state index in [0.29, 0.717) is 28.8 Å². The average molecular weight is 414 g/mol. The van der Waals surface area contributed by atoms with Crippen molar-refractivity contribution < 1.29 is 18.7 Å². The van der Waals surface area contributed by atoms with Crippen LogP contribution in [0.25, 0.3) is 0 Å². The maximum Gasteiger partial charge on any atom is 0.325 e. The normalized spacial score (nSPS) is 10.3. The Morgan fingerprint density at radius 1 is 1.10 bits per heavy atom. The lowest BCUT2D eigenvalue weighted by Crippen LogP contribution is -2.25. The topological polar surface area (TPSA) is 92.4 Å². The first kappa shape index (κ1) is 20.3. The minimum atomic E-state index is -0.502. The molecule has 0 atom stereocenters. The zero-order valence-corrected chi connectivity index (χ0v) is 16.4. The van der Waals surface area contributed by atoms with Crippen LogP contribution in [0.2, 0.25) is 0 Å². The number of amides is 3. The quantitative estimate of drug-likeness (QED) is 0.548. The van der Waals surface area contributed by atoms with Crippen molar-refractivity contribution in [2.24, 2.45) is 0 Å². The number of methoxy groups -OCH3 is 1. The molecule has 0 unspecified atom stereocenters. The highest BCUT2D eigenvalue weighted by Gasteiger charge is 2.11. The Bertz CT molecular complexity index is 991. The zero-order chi connectivity index (χ0) is 20.6. The summed E-state index contributed by atoms with van der Waals surface area (Å²) in [5.74, 6) is 0.133. The lowest BCUT2D eigenvalue weighted by atomic mass is 10.2. The molecule has 1 heterocycles. The Balaban J connectivity index is 1.48. The van der Waals surface area contributed by atoms with Crippen molar-refractivity contribution in [3.63, 3.8) is 0 Å². The molecule has 0 aliphatic rings. The Hall–Kier alpha value is -3.46. The van der Waals surface area contributed by atoms with Crippen molar-refractivity contribution in [3.8, 4) is 5.75 Å². The standard InChI is InChI=1S/C20H19FN4O3S/c1-28-17-5-3-2-4-13(17)11-22-18(26)10-16-12-29-20(24-16)25-19(27)23-15-8-6-14(21)7-9-15/h2-9,12H,10-11H2,1H3,(H,22,26)(H2,23,24,25,27). The number of rotatable bonds is 7. The molecule has 0 radical (unpaired) electrons. The predicted molar refractivity (Wildman–Crippen MR) is 110 cm³/mol. The second-order valence-corrected chi connectivity index (χ2v) is 6.85. The highest BCUT2D eigenvalue weighted by atomic mass is 32.1. The van der Waals surface area contributed by atoms with E-state index < -0.39 is 6.03 Å². The summed E-state index contributed by atoms with van der Waals surface area (Å²) in [6.45, 7) is 0.345. The zero-order valence-electron chi connectivity index (χ0n) is 15.6. The first-order chi connectivity index (χ1) is 14.0. The van der Waals surface area contributed by atoms with Gasteiger partial charge in [0, 0.05) is 23.2 Å². The molecule has 9 heteroatoms. The van der Waals surface area contributed by atoms with Gasteiger partial charge in [0.1, 0.15) is 11.6 Å². The number of thiazole rings is 1. The molecule has 0 saturated heterocycles. The van der Waals surface area contributed by atoms with Gasteiger partial charge >= 0.3 is 6.03 Å². The van der Waals surface area contributed by atoms with E-state index in [4.69, 9.17) is 4.74 Å². The molecule has 1 aromatic heterocycles. The fourth-order valence-corrected chi connectivity index (χ4v) is 3.21. The van der Waals surface area contributed by atoms with E-state index in [-0.39, 0.29) is 18.1 Å². The molecule has 3 rings (SSSR count). The molecule has 0 fully saturated rings. The molecule has 29 heavy (non-hydrogen) atoms. The summed E-state index contributed by atoms with van der Waals surface area (Å²) in [4.78, 5) is 28.4. The highest BCUT2D eigenvalue weighted by Crippen LogP contribution is 2.18. The lowest BCUT2D eigenvalue weighted by Gasteiger charge is -2.09. The monoisotopic (exact) mass is 414 g/mol. The summed E-state index contributed by atoms with van der Waals surface area (Å²) < 4.78 is 18.1. The minimum Gasteiger partial charge on any atom is -0.496 e. The number of urea groups is 1. The van der Waals surface area contributed by atoms with E-state index in [1.807, 2.05) is 24.3 Å². The van der Waals surface area contributed by atoms with E-state index in [1.165, 1.54) is 35.6 Å². The van der Waals surface area contributed by atoms with E-state index >= 15 is 0 Å². The van der Waals surface area contributed by atoms with Gasteiger partial charge in [-0.05, 0) is 30.3 Å². The van der Waals surface area contributed by atoms with Crippen molar-refractivity contribution in [2.75, 3.05) is 17.7 Å². The molecule has 0 aliphatic carbocycles. The summed E-state index contributed by atoms with van der Waals surface area (Å²) in [7, 11) is 1.58. The molecule has 0 bridgehead atoms. The highest BCUT2D eigenvalue weighted by molar-refractivity contribution is 7.14. The number of carbonyl (C=O) groups is 2. The first-order valence-corrected chi connectivity index (χ1v) is 9.58. The van der Waals surface area contributed by atoms with Crippen LogP contribution >= 0.6 is 11.3 Å². The van der Waals surface area contributed by atoms with Crippen LogP contribution < -0.4 is 20.7 Å². The summed E-state index contributed by atoms with van der Waals surface area (Å²) in [5, 5.41) is 10.1. The molecule has 0 spiro atoms. The maximum absolute atomic E-state index is 12.9. The number of ether oxygens (including phenoxy) is 1. The summed E-state index contributed by atoms with van der Waals surface area (Å²) >= 11 is 1.21. The van der Waals surface area contributed by atoms with E-state index in [9.17, 15) is 14.0 Å². The second kappa shape index (κ2) is 9.65. The van der Waals surface area contributed by atoms with E-state index in [1.54, 1.807) is 12.5 Å². The molecule has 0 saturated carbocycles. The minimum absolute atomic E-state index is 0.0902. The number of benzene rings is 2. The summed E-state index contributed by atoms with van der Waals surface area (Å²) in [5.41, 5.74) is 1.88. The van der Waals surface area contributed by atoms with Crippen LogP contribution in [0.15, 0.2) is 53.9 Å². The van der Waals surface area contributed by atoms with Crippen LogP contribution in [0.3, 0.4) is 0 Å². The van der Waals surface area contributed by atoms with Crippen LogP contribution in [0.4, 0.5) is 20.0 Å². The van der Waals surface area contributed by atoms with Crippen molar-refractivity contribution in [1.82, 2.24) is 10.3 Å². The van der Waals surface area contributed by atoms with Gasteiger partial charge in [-0.25, -0.2) is 14.2 Å². The lowest BCUT2D eigenvalue weighted by molar-refractivity contribution is -0.120. The van der Waals surface area contributed by atoms with Gasteiger partial charge in [0.15, 0.2) is 5.13 Å². The number of aromatic nitrogens is 1. The Morgan fingerprint density at radius 3 is 2.62 bits per heavy atom. The number of para-hydroxylation sites is 1. The van der Waals surface area contributed by atoms with Gasteiger partial charge in [-0.15, -0.1) is 11.3 Å². The first-order valence-electron chi connectivity index (χ1n) is 8.70. The van der Waals surface area contributed by atoms with Crippen molar-refractivity contribution in [2.45, 2.75) is 13.0 Å². The van der Waals surface area contributed by atoms with Crippen LogP contribution in [0, 0.1) is 5.82 Å². The van der Waals surface area contributed by atoms with Crippen molar-refractivity contribution >= 4 is 34.1 Å². The fraction of sp³-hybridized carbons (Fsp3) is 0.150. The number of carbonyl (C=O) groups excluding carboxylic acids is 2. The number of hydrogen-bond donors (Lipinski definition) is 3. The Morgan fingerprint density at radius 2 is 1.86 bits per heavy atom. The SMILES string of the molecule is COc1ccccc1CNC(=O)Cc1csc(NC(=O)Nc2ccc(F)cc2)n1. The van der Waals surface area contributed by atoms with Crippen LogP contribution in [-0.4, -0.2) is 24.0 Å². The number of nitrogens with one attached hydrogen (secondary N) is 3. The van der Waals surface area contributed by atoms with E-state index in [0.717, 1.165) is 5.56 Å². The largest absolute Gasteiger partial charge is 0.496 e. The van der Waals surface area contributed by atoms with Gasteiger partial charge in [0.2, 0.25) is 5.91 Å². The summed E-state index contributed by atoms with van der Waals surface area (Å²) in [6.07, 6.45) is 0.0902. The smallest absolute Gasteiger partial charge is 0.325 e. The Labute approximate surface area is 170 Å². The van der Waals surface area contributed by atoms with Crippen LogP contribution in [0.1, 0.15) is 11.3 Å². The molecule has 0 aliphatic heterocycles. The summed E-state index contributed by atoms with van der Waals surface area (Å²) in [6, 6.07) is 12.3. The second-order valence-electron chi connectivity index (χ2n) is 6.00. The molecule has 3 aromatic rings. The van der Waals surface area contributed by atoms with Gasteiger partial charge < -0.3 is 15.4 Å². The number of halogens is 1. The van der Waals surface area contributed by atoms with Gasteiger partial charge in [0.05, 0.1) is 19.2 Å². The van der Waals surface area contributed by atoms with Gasteiger partial charge in [-0.2, -0.15) is 0 Å². The maximum atomic E-state index is 12.9. The van der Waals surface area contributed by atoms with Crippen molar-refractivity contribution in [1.29, 1.82) is 0 Å². The third kappa shape index (κ3) is 6.01. The third-order valence-corrected chi connectivity index (χ3v) is 4.69. The molecular weight excluding hydrogens is 395 g/mol. The van der Waals surface area contributed by atoms with Gasteiger partial charge in [-0.1, -0.05) is 18.2 Å². The molecular formula is C20H19FN4O3S. The molecule has 7 nitrogen and oxygen atoms in total. The molecule has 3 amide bonds. The number of nitrogens with zero attached hydrogens (tertiary/aromatic N) is 1. The molecule has 2 aromatic carbocycles. The molecule has 3 N–H and O–H groups in total. The number of hydrogen-bond acceptors (Lipinski definition) is 5. The number of anilines is 2. The Kier molecular flexibility index (Phi) is 6.75. The average Bonchev–Trinajstić information content (AvgIpc) is 3.14. The fourth-order valence-electron chi connectivity index (χ4n) is 2.51. The van der Waals surface area contributed by atoms with Crippen LogP contribution in [-0.2, 0) is 17.8 Å². The van der Waals surface area contributed by atoms with Crippen molar-refractivity contribution in [3.05, 3.63) is 71.0 Å². The van der Waals surface area contributed by atoms with E-state index in [2.05, 4.69) is 20.9 Å². The molecule has 150 valence electrons. The predicted octanol–water partition coefficient (Wildman–Crippen LogP) is 3.79.